The molecule has 1 aliphatic rings. The summed E-state index contributed by atoms with van der Waals surface area (Å²) in [5.41, 5.74) is 0.701. The molecule has 22 heavy (non-hydrogen) atoms. The quantitative estimate of drug-likeness (QED) is 0.919. The van der Waals surface area contributed by atoms with E-state index in [4.69, 9.17) is 9.52 Å². The number of hydrazone groups is 1. The predicted molar refractivity (Wildman–Crippen MR) is 80.6 cm³/mol. The Kier molecular flexibility index (Phi) is 4.06. The lowest BCUT2D eigenvalue weighted by Crippen LogP contribution is -2.26. The van der Waals surface area contributed by atoms with Crippen LogP contribution in [0.4, 0.5) is 0 Å². The van der Waals surface area contributed by atoms with Gasteiger partial charge in [0.05, 0.1) is 18.7 Å². The largest absolute Gasteiger partial charge is 0.481 e. The standard InChI is InChI=1S/C15H14N2O4S/c18-14(5-6-15(19)20)17-11(13-4-2-8-22-13)9-10(16-17)12-3-1-7-21-12/h1-4,7-8,11H,5-6,9H2,(H,19,20). The summed E-state index contributed by atoms with van der Waals surface area (Å²) in [7, 11) is 0. The molecule has 0 spiro atoms. The van der Waals surface area contributed by atoms with E-state index in [1.807, 2.05) is 17.5 Å². The van der Waals surface area contributed by atoms with E-state index in [-0.39, 0.29) is 24.8 Å². The molecule has 1 N–H and O–H groups in total. The van der Waals surface area contributed by atoms with E-state index in [1.165, 1.54) is 5.01 Å². The fraction of sp³-hybridized carbons (Fsp3) is 0.267. The van der Waals surface area contributed by atoms with Gasteiger partial charge in [0.1, 0.15) is 11.5 Å². The van der Waals surface area contributed by atoms with Gasteiger partial charge in [-0.3, -0.25) is 9.59 Å². The minimum Gasteiger partial charge on any atom is -0.481 e. The van der Waals surface area contributed by atoms with Gasteiger partial charge >= 0.3 is 5.97 Å². The Morgan fingerprint density at radius 2 is 2.23 bits per heavy atom. The maximum atomic E-state index is 12.3. The first-order valence-electron chi connectivity index (χ1n) is 6.84. The van der Waals surface area contributed by atoms with Crippen molar-refractivity contribution < 1.29 is 19.1 Å². The van der Waals surface area contributed by atoms with Crippen LogP contribution in [0.15, 0.2) is 45.4 Å². The lowest BCUT2D eigenvalue weighted by Gasteiger charge is -2.20. The number of thiophene rings is 1. The maximum Gasteiger partial charge on any atom is 0.303 e. The number of hydrogen-bond acceptors (Lipinski definition) is 5. The molecule has 0 saturated carbocycles. The van der Waals surface area contributed by atoms with Crippen LogP contribution in [0, 0.1) is 0 Å². The second-order valence-electron chi connectivity index (χ2n) is 4.89. The average molecular weight is 318 g/mol. The first-order valence-corrected chi connectivity index (χ1v) is 7.71. The normalized spacial score (nSPS) is 17.5. The second-order valence-corrected chi connectivity index (χ2v) is 5.87. The number of carboxylic acid groups (broad SMARTS) is 1. The molecule has 1 atom stereocenters. The van der Waals surface area contributed by atoms with Crippen molar-refractivity contribution in [1.29, 1.82) is 0 Å². The predicted octanol–water partition coefficient (Wildman–Crippen LogP) is 2.88. The van der Waals surface area contributed by atoms with E-state index >= 15 is 0 Å². The number of amides is 1. The molecule has 3 heterocycles. The molecular formula is C15H14N2O4S. The summed E-state index contributed by atoms with van der Waals surface area (Å²) in [4.78, 5) is 24.0. The lowest BCUT2D eigenvalue weighted by molar-refractivity contribution is -0.141. The Balaban J connectivity index is 1.84. The number of aliphatic carboxylic acids is 1. The van der Waals surface area contributed by atoms with E-state index in [1.54, 1.807) is 29.7 Å². The van der Waals surface area contributed by atoms with E-state index in [0.29, 0.717) is 17.9 Å². The first kappa shape index (κ1) is 14.5. The van der Waals surface area contributed by atoms with Crippen molar-refractivity contribution in [2.75, 3.05) is 0 Å². The Bertz CT molecular complexity index is 691. The molecule has 2 aromatic rings. The lowest BCUT2D eigenvalue weighted by atomic mass is 10.1. The highest BCUT2D eigenvalue weighted by Gasteiger charge is 2.34. The summed E-state index contributed by atoms with van der Waals surface area (Å²) in [6.45, 7) is 0. The van der Waals surface area contributed by atoms with Crippen LogP contribution in [0.2, 0.25) is 0 Å². The van der Waals surface area contributed by atoms with Crippen molar-refractivity contribution in [3.63, 3.8) is 0 Å². The zero-order chi connectivity index (χ0) is 15.5. The molecule has 0 saturated heterocycles. The van der Waals surface area contributed by atoms with Gasteiger partial charge in [-0.25, -0.2) is 5.01 Å². The van der Waals surface area contributed by atoms with Crippen molar-refractivity contribution in [1.82, 2.24) is 5.01 Å². The molecule has 1 aliphatic heterocycles. The fourth-order valence-electron chi connectivity index (χ4n) is 2.36. The Morgan fingerprint density at radius 3 is 2.86 bits per heavy atom. The molecule has 0 aliphatic carbocycles. The summed E-state index contributed by atoms with van der Waals surface area (Å²) in [6, 6.07) is 7.25. The smallest absolute Gasteiger partial charge is 0.303 e. The highest BCUT2D eigenvalue weighted by atomic mass is 32.1. The fourth-order valence-corrected chi connectivity index (χ4v) is 3.17. The third kappa shape index (κ3) is 2.94. The second kappa shape index (κ2) is 6.15. The van der Waals surface area contributed by atoms with Gasteiger partial charge in [0.25, 0.3) is 0 Å². The summed E-state index contributed by atoms with van der Waals surface area (Å²) in [5, 5.41) is 16.4. The molecule has 2 aromatic heterocycles. The molecular weight excluding hydrogens is 304 g/mol. The number of carboxylic acids is 1. The van der Waals surface area contributed by atoms with Gasteiger partial charge in [-0.1, -0.05) is 6.07 Å². The van der Waals surface area contributed by atoms with Gasteiger partial charge in [-0.2, -0.15) is 5.10 Å². The highest BCUT2D eigenvalue weighted by molar-refractivity contribution is 7.10. The molecule has 6 nitrogen and oxygen atoms in total. The molecule has 7 heteroatoms. The molecule has 1 amide bonds. The Labute approximate surface area is 130 Å². The Hall–Kier alpha value is -2.41. The number of carbonyl (C=O) groups excluding carboxylic acids is 1. The van der Waals surface area contributed by atoms with E-state index in [9.17, 15) is 9.59 Å². The minimum absolute atomic E-state index is 0.0633. The van der Waals surface area contributed by atoms with Crippen molar-refractivity contribution in [3.8, 4) is 0 Å². The van der Waals surface area contributed by atoms with Gasteiger partial charge in [-0.05, 0) is 23.6 Å². The highest BCUT2D eigenvalue weighted by Crippen LogP contribution is 2.35. The number of rotatable bonds is 5. The van der Waals surface area contributed by atoms with Crippen LogP contribution in [0.3, 0.4) is 0 Å². The summed E-state index contributed by atoms with van der Waals surface area (Å²) >= 11 is 1.55. The average Bonchev–Trinajstić information content (AvgIpc) is 3.23. The van der Waals surface area contributed by atoms with Crippen LogP contribution in [-0.4, -0.2) is 27.7 Å². The number of hydrogen-bond donors (Lipinski definition) is 1. The summed E-state index contributed by atoms with van der Waals surface area (Å²) < 4.78 is 5.35. The van der Waals surface area contributed by atoms with Crippen molar-refractivity contribution >= 4 is 28.9 Å². The monoisotopic (exact) mass is 318 g/mol. The molecule has 1 unspecified atom stereocenters. The zero-order valence-corrected chi connectivity index (χ0v) is 12.5. The first-order chi connectivity index (χ1) is 10.6. The zero-order valence-electron chi connectivity index (χ0n) is 11.6. The summed E-state index contributed by atoms with van der Waals surface area (Å²) in [5.74, 6) is -0.645. The molecule has 0 aromatic carbocycles. The molecule has 0 fully saturated rings. The third-order valence-electron chi connectivity index (χ3n) is 3.40. The third-order valence-corrected chi connectivity index (χ3v) is 4.37. The SMILES string of the molecule is O=C(O)CCC(=O)N1N=C(c2ccco2)CC1c1cccs1. The summed E-state index contributed by atoms with van der Waals surface area (Å²) in [6.07, 6.45) is 1.87. The van der Waals surface area contributed by atoms with Crippen LogP contribution in [-0.2, 0) is 9.59 Å². The maximum absolute atomic E-state index is 12.3. The minimum atomic E-state index is -0.990. The van der Waals surface area contributed by atoms with Crippen molar-refractivity contribution in [2.24, 2.45) is 5.10 Å². The van der Waals surface area contributed by atoms with E-state index in [2.05, 4.69) is 5.10 Å². The molecule has 0 bridgehead atoms. The van der Waals surface area contributed by atoms with Crippen LogP contribution in [0.5, 0.6) is 0 Å². The van der Waals surface area contributed by atoms with Gasteiger partial charge in [0, 0.05) is 17.7 Å². The Morgan fingerprint density at radius 1 is 1.36 bits per heavy atom. The van der Waals surface area contributed by atoms with E-state index in [0.717, 1.165) is 4.88 Å². The van der Waals surface area contributed by atoms with Gasteiger partial charge in [0.15, 0.2) is 0 Å². The number of furan rings is 1. The van der Waals surface area contributed by atoms with Crippen LogP contribution >= 0.6 is 11.3 Å². The van der Waals surface area contributed by atoms with Crippen LogP contribution < -0.4 is 0 Å². The van der Waals surface area contributed by atoms with Gasteiger partial charge < -0.3 is 9.52 Å². The number of carbonyl (C=O) groups is 2. The van der Waals surface area contributed by atoms with Crippen LogP contribution in [0.25, 0.3) is 0 Å². The molecule has 114 valence electrons. The van der Waals surface area contributed by atoms with Gasteiger partial charge in [0.2, 0.25) is 5.91 Å². The van der Waals surface area contributed by atoms with Gasteiger partial charge in [-0.15, -0.1) is 11.3 Å². The van der Waals surface area contributed by atoms with Crippen molar-refractivity contribution in [2.45, 2.75) is 25.3 Å². The topological polar surface area (TPSA) is 83.1 Å². The van der Waals surface area contributed by atoms with E-state index < -0.39 is 5.97 Å². The molecule has 3 rings (SSSR count). The molecule has 0 radical (unpaired) electrons. The number of nitrogens with zero attached hydrogens (tertiary/aromatic N) is 2. The van der Waals surface area contributed by atoms with Crippen molar-refractivity contribution in [3.05, 3.63) is 46.5 Å². The van der Waals surface area contributed by atoms with Crippen LogP contribution in [0.1, 0.15) is 35.9 Å².